The molecule has 1 saturated heterocycles. The molecule has 3 rings (SSSR count). The molecule has 2 aliphatic rings. The average Bonchev–Trinajstić information content (AvgIpc) is 3.10. The molecule has 0 spiro atoms. The molecule has 0 bridgehead atoms. The molecular weight excluding hydrogens is 334 g/mol. The highest BCUT2D eigenvalue weighted by Gasteiger charge is 2.39. The number of hydrogen-bond donors (Lipinski definition) is 1. The Hall–Kier alpha value is -1.99. The van der Waals surface area contributed by atoms with Crippen LogP contribution >= 0.6 is 0 Å². The fourth-order valence-electron chi connectivity index (χ4n) is 3.92. The van der Waals surface area contributed by atoms with Crippen molar-refractivity contribution in [2.45, 2.75) is 64.1 Å². The van der Waals surface area contributed by atoms with Crippen LogP contribution in [0.15, 0.2) is 24.3 Å². The zero-order chi connectivity index (χ0) is 18.5. The summed E-state index contributed by atoms with van der Waals surface area (Å²) >= 11 is 0. The van der Waals surface area contributed by atoms with Crippen LogP contribution in [0, 0.1) is 16.0 Å². The lowest BCUT2D eigenvalue weighted by Gasteiger charge is -2.28. The normalized spacial score (nSPS) is 24.0. The molecule has 142 valence electrons. The lowest BCUT2D eigenvalue weighted by atomic mass is 9.83. The number of benzene rings is 1. The molecule has 7 heteroatoms. The smallest absolute Gasteiger partial charge is 0.270 e. The van der Waals surface area contributed by atoms with E-state index < -0.39 is 4.92 Å². The Bertz CT molecular complexity index is 628. The van der Waals surface area contributed by atoms with Crippen molar-refractivity contribution in [1.29, 1.82) is 0 Å². The first kappa shape index (κ1) is 18.8. The van der Waals surface area contributed by atoms with E-state index in [1.54, 1.807) is 5.01 Å². The van der Waals surface area contributed by atoms with Crippen LogP contribution in [0.3, 0.4) is 0 Å². The van der Waals surface area contributed by atoms with E-state index in [2.05, 4.69) is 5.43 Å². The van der Waals surface area contributed by atoms with Gasteiger partial charge in [0.2, 0.25) is 0 Å². The van der Waals surface area contributed by atoms with Crippen LogP contribution in [0.2, 0.25) is 0 Å². The molecule has 2 unspecified atom stereocenters. The van der Waals surface area contributed by atoms with Gasteiger partial charge in [0.1, 0.15) is 6.23 Å². The summed E-state index contributed by atoms with van der Waals surface area (Å²) in [5.74, 6) is 0.380. The number of non-ortho nitro benzene ring substituents is 1. The number of nitro benzene ring substituents is 1. The maximum Gasteiger partial charge on any atom is 0.270 e. The molecule has 0 radical (unpaired) electrons. The molecule has 1 aromatic carbocycles. The van der Waals surface area contributed by atoms with Gasteiger partial charge >= 0.3 is 0 Å². The zero-order valence-electron chi connectivity index (χ0n) is 15.2. The summed E-state index contributed by atoms with van der Waals surface area (Å²) in [4.78, 5) is 23.3. The van der Waals surface area contributed by atoms with Gasteiger partial charge in [0.25, 0.3) is 11.6 Å². The van der Waals surface area contributed by atoms with Gasteiger partial charge in [0.15, 0.2) is 0 Å². The SMILES string of the molecule is CCCOC1CC(C2CCCCC2)NN1C(=O)c1ccc([N+](=O)[O-])cc1. The van der Waals surface area contributed by atoms with E-state index in [0.29, 0.717) is 18.1 Å². The van der Waals surface area contributed by atoms with Gasteiger partial charge in [0, 0.05) is 36.8 Å². The van der Waals surface area contributed by atoms with Crippen LogP contribution in [0.5, 0.6) is 0 Å². The van der Waals surface area contributed by atoms with Gasteiger partial charge in [0.05, 0.1) is 4.92 Å². The number of amides is 1. The summed E-state index contributed by atoms with van der Waals surface area (Å²) < 4.78 is 5.92. The fraction of sp³-hybridized carbons (Fsp3) is 0.632. The summed E-state index contributed by atoms with van der Waals surface area (Å²) in [6.07, 6.45) is 7.58. The molecule has 0 aromatic heterocycles. The van der Waals surface area contributed by atoms with E-state index in [0.717, 1.165) is 12.8 Å². The summed E-state index contributed by atoms with van der Waals surface area (Å²) in [6, 6.07) is 5.99. The molecule has 1 aliphatic carbocycles. The van der Waals surface area contributed by atoms with Crippen molar-refractivity contribution in [2.24, 2.45) is 5.92 Å². The van der Waals surface area contributed by atoms with Crippen LogP contribution in [0.1, 0.15) is 62.2 Å². The number of nitro groups is 1. The van der Waals surface area contributed by atoms with Crippen molar-refractivity contribution in [2.75, 3.05) is 6.61 Å². The van der Waals surface area contributed by atoms with Gasteiger partial charge in [-0.15, -0.1) is 0 Å². The van der Waals surface area contributed by atoms with Gasteiger partial charge in [-0.25, -0.2) is 10.4 Å². The molecule has 7 nitrogen and oxygen atoms in total. The Kier molecular flexibility index (Phi) is 6.21. The van der Waals surface area contributed by atoms with Crippen molar-refractivity contribution in [3.8, 4) is 0 Å². The Morgan fingerprint density at radius 3 is 2.58 bits per heavy atom. The van der Waals surface area contributed by atoms with Crippen molar-refractivity contribution < 1.29 is 14.5 Å². The van der Waals surface area contributed by atoms with Crippen LogP contribution < -0.4 is 5.43 Å². The lowest BCUT2D eigenvalue weighted by Crippen LogP contribution is -2.46. The van der Waals surface area contributed by atoms with Crippen LogP contribution in [0.4, 0.5) is 5.69 Å². The minimum Gasteiger partial charge on any atom is -0.357 e. The van der Waals surface area contributed by atoms with E-state index in [9.17, 15) is 14.9 Å². The van der Waals surface area contributed by atoms with E-state index in [-0.39, 0.29) is 23.9 Å². The van der Waals surface area contributed by atoms with Crippen LogP contribution in [-0.2, 0) is 4.74 Å². The molecule has 1 aromatic rings. The van der Waals surface area contributed by atoms with E-state index in [1.165, 1.54) is 56.4 Å². The van der Waals surface area contributed by atoms with Gasteiger partial charge in [-0.2, -0.15) is 0 Å². The topological polar surface area (TPSA) is 84.7 Å². The standard InChI is InChI=1S/C19H27N3O4/c1-2-12-26-18-13-17(14-6-4-3-5-7-14)20-21(18)19(23)15-8-10-16(11-9-15)22(24)25/h8-11,14,17-18,20H,2-7,12-13H2,1H3. The van der Waals surface area contributed by atoms with Crippen molar-refractivity contribution >= 4 is 11.6 Å². The first-order valence-electron chi connectivity index (χ1n) is 9.56. The maximum absolute atomic E-state index is 12.9. The zero-order valence-corrected chi connectivity index (χ0v) is 15.2. The van der Waals surface area contributed by atoms with Gasteiger partial charge in [-0.05, 0) is 37.3 Å². The second kappa shape index (κ2) is 8.60. The molecule has 1 aliphatic heterocycles. The first-order chi connectivity index (χ1) is 12.6. The van der Waals surface area contributed by atoms with Crippen molar-refractivity contribution in [3.63, 3.8) is 0 Å². The van der Waals surface area contributed by atoms with Gasteiger partial charge < -0.3 is 4.74 Å². The highest BCUT2D eigenvalue weighted by Crippen LogP contribution is 2.32. The van der Waals surface area contributed by atoms with Crippen LogP contribution in [-0.4, -0.2) is 34.7 Å². The van der Waals surface area contributed by atoms with Crippen LogP contribution in [0.25, 0.3) is 0 Å². The first-order valence-corrected chi connectivity index (χ1v) is 9.56. The quantitative estimate of drug-likeness (QED) is 0.617. The largest absolute Gasteiger partial charge is 0.357 e. The number of nitrogens with one attached hydrogen (secondary N) is 1. The third-order valence-corrected chi connectivity index (χ3v) is 5.33. The fourth-order valence-corrected chi connectivity index (χ4v) is 3.92. The molecule has 2 fully saturated rings. The maximum atomic E-state index is 12.9. The van der Waals surface area contributed by atoms with Gasteiger partial charge in [-0.3, -0.25) is 14.9 Å². The Morgan fingerprint density at radius 1 is 1.27 bits per heavy atom. The second-order valence-corrected chi connectivity index (χ2v) is 7.17. The van der Waals surface area contributed by atoms with Gasteiger partial charge in [-0.1, -0.05) is 26.2 Å². The molecule has 2 atom stereocenters. The highest BCUT2D eigenvalue weighted by atomic mass is 16.6. The number of hydrazine groups is 1. The summed E-state index contributed by atoms with van der Waals surface area (Å²) in [6.45, 7) is 2.65. The highest BCUT2D eigenvalue weighted by molar-refractivity contribution is 5.94. The average molecular weight is 361 g/mol. The molecular formula is C19H27N3O4. The lowest BCUT2D eigenvalue weighted by molar-refractivity contribution is -0.384. The number of hydrogen-bond acceptors (Lipinski definition) is 5. The van der Waals surface area contributed by atoms with Crippen molar-refractivity contribution in [3.05, 3.63) is 39.9 Å². The van der Waals surface area contributed by atoms with E-state index in [1.807, 2.05) is 6.92 Å². The Balaban J connectivity index is 1.73. The predicted octanol–water partition coefficient (Wildman–Crippen LogP) is 3.65. The van der Waals surface area contributed by atoms with Crippen molar-refractivity contribution in [1.82, 2.24) is 10.4 Å². The molecule has 26 heavy (non-hydrogen) atoms. The number of ether oxygens (including phenoxy) is 1. The summed E-state index contributed by atoms with van der Waals surface area (Å²) in [5, 5.41) is 12.4. The molecule has 1 saturated carbocycles. The number of nitrogens with zero attached hydrogens (tertiary/aromatic N) is 2. The summed E-state index contributed by atoms with van der Waals surface area (Å²) in [7, 11) is 0. The Morgan fingerprint density at radius 2 is 1.96 bits per heavy atom. The minimum absolute atomic E-state index is 0.0187. The predicted molar refractivity (Wildman–Crippen MR) is 97.4 cm³/mol. The minimum atomic E-state index is -0.464. The molecule has 1 heterocycles. The second-order valence-electron chi connectivity index (χ2n) is 7.17. The van der Waals surface area contributed by atoms with E-state index >= 15 is 0 Å². The number of carbonyl (C=O) groups excluding carboxylic acids is 1. The monoisotopic (exact) mass is 361 g/mol. The molecule has 1 amide bonds. The Labute approximate surface area is 153 Å². The third kappa shape index (κ3) is 4.22. The number of rotatable bonds is 6. The number of carbonyl (C=O) groups is 1. The third-order valence-electron chi connectivity index (χ3n) is 5.33. The summed E-state index contributed by atoms with van der Waals surface area (Å²) in [5.41, 5.74) is 3.79. The molecule has 1 N–H and O–H groups in total. The van der Waals surface area contributed by atoms with E-state index in [4.69, 9.17) is 4.74 Å².